The van der Waals surface area contributed by atoms with Gasteiger partial charge in [0, 0.05) is 19.3 Å². The normalized spacial score (nSPS) is 11.2. The summed E-state index contributed by atoms with van der Waals surface area (Å²) in [4.78, 5) is 14.4. The highest BCUT2D eigenvalue weighted by Gasteiger charge is 2.08. The van der Waals surface area contributed by atoms with Crippen LogP contribution in [0.3, 0.4) is 0 Å². The molecule has 0 bridgehead atoms. The molecule has 0 aliphatic rings. The number of carbonyl (C=O) groups excluding carboxylic acids is 1. The summed E-state index contributed by atoms with van der Waals surface area (Å²) in [6, 6.07) is 3.27. The SMILES string of the molecule is CCS(=O)(=O)NCCNC(=O)c1ccc[nH]c1=S. The summed E-state index contributed by atoms with van der Waals surface area (Å²) in [6.45, 7) is 1.91. The van der Waals surface area contributed by atoms with Gasteiger partial charge in [0.1, 0.15) is 4.64 Å². The lowest BCUT2D eigenvalue weighted by Gasteiger charge is -2.06. The highest BCUT2D eigenvalue weighted by Crippen LogP contribution is 1.98. The molecule has 0 unspecified atom stereocenters. The zero-order valence-electron chi connectivity index (χ0n) is 9.89. The van der Waals surface area contributed by atoms with Gasteiger partial charge in [0.25, 0.3) is 5.91 Å². The minimum absolute atomic E-state index is 0.0187. The van der Waals surface area contributed by atoms with Crippen LogP contribution in [0.5, 0.6) is 0 Å². The van der Waals surface area contributed by atoms with Gasteiger partial charge in [-0.25, -0.2) is 13.1 Å². The summed E-state index contributed by atoms with van der Waals surface area (Å²) in [5, 5.41) is 2.58. The third-order valence-electron chi connectivity index (χ3n) is 2.18. The summed E-state index contributed by atoms with van der Waals surface area (Å²) in [7, 11) is -3.22. The lowest BCUT2D eigenvalue weighted by atomic mass is 10.3. The Balaban J connectivity index is 2.44. The fourth-order valence-electron chi connectivity index (χ4n) is 1.18. The highest BCUT2D eigenvalue weighted by molar-refractivity contribution is 7.89. The second-order valence-electron chi connectivity index (χ2n) is 3.47. The zero-order valence-corrected chi connectivity index (χ0v) is 11.5. The van der Waals surface area contributed by atoms with Crippen molar-refractivity contribution < 1.29 is 13.2 Å². The van der Waals surface area contributed by atoms with E-state index in [1.807, 2.05) is 0 Å². The first-order valence-electron chi connectivity index (χ1n) is 5.39. The third kappa shape index (κ3) is 4.55. The van der Waals surface area contributed by atoms with Crippen LogP contribution in [0, 0.1) is 4.64 Å². The number of nitrogens with one attached hydrogen (secondary N) is 3. The number of amides is 1. The van der Waals surface area contributed by atoms with Gasteiger partial charge >= 0.3 is 0 Å². The number of hydrogen-bond acceptors (Lipinski definition) is 4. The van der Waals surface area contributed by atoms with E-state index in [0.717, 1.165) is 0 Å². The molecule has 0 aliphatic heterocycles. The minimum Gasteiger partial charge on any atom is -0.352 e. The Morgan fingerprint density at radius 1 is 1.44 bits per heavy atom. The van der Waals surface area contributed by atoms with Crippen molar-refractivity contribution in [2.75, 3.05) is 18.8 Å². The van der Waals surface area contributed by atoms with Crippen LogP contribution in [0.4, 0.5) is 0 Å². The molecular weight excluding hydrogens is 274 g/mol. The monoisotopic (exact) mass is 289 g/mol. The molecule has 0 spiro atoms. The van der Waals surface area contributed by atoms with E-state index in [0.29, 0.717) is 10.2 Å². The first-order chi connectivity index (χ1) is 8.46. The molecule has 1 heterocycles. The molecule has 0 aromatic carbocycles. The van der Waals surface area contributed by atoms with E-state index >= 15 is 0 Å². The quantitative estimate of drug-likeness (QED) is 0.522. The third-order valence-corrected chi connectivity index (χ3v) is 3.92. The molecule has 0 saturated heterocycles. The number of aromatic amines is 1. The maximum absolute atomic E-state index is 11.7. The molecule has 0 radical (unpaired) electrons. The van der Waals surface area contributed by atoms with Gasteiger partial charge in [-0.15, -0.1) is 0 Å². The predicted molar refractivity (Wildman–Crippen MR) is 71.4 cm³/mol. The molecule has 100 valence electrons. The van der Waals surface area contributed by atoms with Crippen molar-refractivity contribution in [2.45, 2.75) is 6.92 Å². The molecule has 0 fully saturated rings. The number of hydrogen-bond donors (Lipinski definition) is 3. The average molecular weight is 289 g/mol. The summed E-state index contributed by atoms with van der Waals surface area (Å²) < 4.78 is 25.0. The van der Waals surface area contributed by atoms with Crippen LogP contribution in [0.1, 0.15) is 17.3 Å². The number of rotatable bonds is 6. The topological polar surface area (TPSA) is 91.1 Å². The maximum Gasteiger partial charge on any atom is 0.254 e. The van der Waals surface area contributed by atoms with Gasteiger partial charge in [-0.1, -0.05) is 12.2 Å². The van der Waals surface area contributed by atoms with Gasteiger partial charge in [0.2, 0.25) is 10.0 Å². The van der Waals surface area contributed by atoms with Crippen LogP contribution >= 0.6 is 12.2 Å². The molecular formula is C10H15N3O3S2. The van der Waals surface area contributed by atoms with Crippen molar-refractivity contribution in [1.29, 1.82) is 0 Å². The fourth-order valence-corrected chi connectivity index (χ4v) is 2.03. The lowest BCUT2D eigenvalue weighted by molar-refractivity contribution is 0.0953. The van der Waals surface area contributed by atoms with Crippen molar-refractivity contribution in [1.82, 2.24) is 15.0 Å². The Morgan fingerprint density at radius 3 is 2.78 bits per heavy atom. The lowest BCUT2D eigenvalue weighted by Crippen LogP contribution is -2.35. The Hall–Kier alpha value is -1.25. The van der Waals surface area contributed by atoms with Gasteiger partial charge in [0.05, 0.1) is 11.3 Å². The molecule has 0 saturated carbocycles. The van der Waals surface area contributed by atoms with Crippen molar-refractivity contribution in [2.24, 2.45) is 0 Å². The van der Waals surface area contributed by atoms with Gasteiger partial charge in [0.15, 0.2) is 0 Å². The van der Waals surface area contributed by atoms with E-state index in [1.165, 1.54) is 0 Å². The second-order valence-corrected chi connectivity index (χ2v) is 5.97. The minimum atomic E-state index is -3.22. The molecule has 6 nitrogen and oxygen atoms in total. The molecule has 1 aromatic heterocycles. The summed E-state index contributed by atoms with van der Waals surface area (Å²) in [6.07, 6.45) is 1.63. The van der Waals surface area contributed by atoms with Crippen LogP contribution in [-0.2, 0) is 10.0 Å². The van der Waals surface area contributed by atoms with Crippen molar-refractivity contribution in [3.63, 3.8) is 0 Å². The number of H-pyrrole nitrogens is 1. The van der Waals surface area contributed by atoms with E-state index in [2.05, 4.69) is 15.0 Å². The van der Waals surface area contributed by atoms with Crippen molar-refractivity contribution in [3.05, 3.63) is 28.5 Å². The number of sulfonamides is 1. The second kappa shape index (κ2) is 6.62. The Kier molecular flexibility index (Phi) is 5.45. The summed E-state index contributed by atoms with van der Waals surface area (Å²) >= 11 is 4.96. The first kappa shape index (κ1) is 14.8. The number of pyridine rings is 1. The molecule has 3 N–H and O–H groups in total. The summed E-state index contributed by atoms with van der Waals surface area (Å²) in [5.41, 5.74) is 0.367. The van der Waals surface area contributed by atoms with Gasteiger partial charge in [-0.2, -0.15) is 0 Å². The van der Waals surface area contributed by atoms with Crippen LogP contribution in [0.2, 0.25) is 0 Å². The average Bonchev–Trinajstić information content (AvgIpc) is 2.35. The smallest absolute Gasteiger partial charge is 0.254 e. The van der Waals surface area contributed by atoms with Crippen LogP contribution in [0.25, 0.3) is 0 Å². The van der Waals surface area contributed by atoms with E-state index in [9.17, 15) is 13.2 Å². The van der Waals surface area contributed by atoms with E-state index in [1.54, 1.807) is 25.3 Å². The highest BCUT2D eigenvalue weighted by atomic mass is 32.2. The first-order valence-corrected chi connectivity index (χ1v) is 7.45. The molecule has 18 heavy (non-hydrogen) atoms. The molecule has 1 aromatic rings. The van der Waals surface area contributed by atoms with Gasteiger partial charge in [-0.3, -0.25) is 4.79 Å². The largest absolute Gasteiger partial charge is 0.352 e. The Bertz CT molecular complexity index is 566. The molecule has 0 atom stereocenters. The van der Waals surface area contributed by atoms with E-state index < -0.39 is 10.0 Å². The van der Waals surface area contributed by atoms with Crippen LogP contribution in [0.15, 0.2) is 18.3 Å². The molecule has 8 heteroatoms. The fraction of sp³-hybridized carbons (Fsp3) is 0.400. The van der Waals surface area contributed by atoms with E-state index in [-0.39, 0.29) is 24.7 Å². The Labute approximate surface area is 111 Å². The van der Waals surface area contributed by atoms with Crippen LogP contribution < -0.4 is 10.0 Å². The Morgan fingerprint density at radius 2 is 2.17 bits per heavy atom. The van der Waals surface area contributed by atoms with E-state index in [4.69, 9.17) is 12.2 Å². The van der Waals surface area contributed by atoms with Crippen LogP contribution in [-0.4, -0.2) is 38.2 Å². The van der Waals surface area contributed by atoms with Crippen molar-refractivity contribution in [3.8, 4) is 0 Å². The molecule has 1 rings (SSSR count). The predicted octanol–water partition coefficient (Wildman–Crippen LogP) is 0.413. The van der Waals surface area contributed by atoms with Crippen molar-refractivity contribution >= 4 is 28.1 Å². The maximum atomic E-state index is 11.7. The van der Waals surface area contributed by atoms with Gasteiger partial charge < -0.3 is 10.3 Å². The number of aromatic nitrogens is 1. The molecule has 1 amide bonds. The van der Waals surface area contributed by atoms with Gasteiger partial charge in [-0.05, 0) is 19.1 Å². The molecule has 0 aliphatic carbocycles. The summed E-state index contributed by atoms with van der Waals surface area (Å²) in [5.74, 6) is -0.308. The zero-order chi connectivity index (χ0) is 13.6. The standard InChI is InChI=1S/C10H15N3O3S2/c1-2-18(15,16)13-7-6-11-9(14)8-4-3-5-12-10(8)17/h3-5,13H,2,6-7H2,1H3,(H,11,14)(H,12,17). The number of carbonyl (C=O) groups is 1.